The molecule has 1 aliphatic rings. The number of amides is 1. The molecule has 31 heavy (non-hydrogen) atoms. The SMILES string of the molecule is O=C(NCCN1CCCC1)c1cccn2c(=O)c3cc(-c4ccncc4)ccc3nc12. The van der Waals surface area contributed by atoms with Crippen molar-refractivity contribution in [2.75, 3.05) is 26.2 Å². The Hall–Kier alpha value is -3.58. The van der Waals surface area contributed by atoms with Gasteiger partial charge in [-0.15, -0.1) is 0 Å². The number of benzene rings is 1. The van der Waals surface area contributed by atoms with E-state index in [1.54, 1.807) is 30.7 Å². The summed E-state index contributed by atoms with van der Waals surface area (Å²) < 4.78 is 1.45. The van der Waals surface area contributed by atoms with Gasteiger partial charge in [-0.3, -0.25) is 19.0 Å². The summed E-state index contributed by atoms with van der Waals surface area (Å²) in [6, 6.07) is 12.8. The van der Waals surface area contributed by atoms with Crippen LogP contribution in [0, 0.1) is 0 Å². The first-order valence-electron chi connectivity index (χ1n) is 10.6. The van der Waals surface area contributed by atoms with Gasteiger partial charge in [0, 0.05) is 31.7 Å². The lowest BCUT2D eigenvalue weighted by atomic mass is 10.0. The van der Waals surface area contributed by atoms with Crippen LogP contribution in [0.5, 0.6) is 0 Å². The minimum absolute atomic E-state index is 0.192. The average Bonchev–Trinajstić information content (AvgIpc) is 3.33. The standard InChI is InChI=1S/C24H23N5O2/c30-23(26-11-15-28-12-1-2-13-28)19-4-3-14-29-22(19)27-21-6-5-18(16-20(21)24(29)31)17-7-9-25-10-8-17/h3-10,14,16H,1-2,11-13,15H2,(H,26,30). The fraction of sp³-hybridized carbons (Fsp3) is 0.250. The monoisotopic (exact) mass is 413 g/mol. The van der Waals surface area contributed by atoms with Gasteiger partial charge in [-0.1, -0.05) is 6.07 Å². The number of carbonyl (C=O) groups is 1. The van der Waals surface area contributed by atoms with Crippen molar-refractivity contribution in [2.45, 2.75) is 12.8 Å². The van der Waals surface area contributed by atoms with Crippen LogP contribution in [0.2, 0.25) is 0 Å². The molecule has 1 fully saturated rings. The summed E-state index contributed by atoms with van der Waals surface area (Å²) in [6.07, 6.45) is 7.55. The molecular weight excluding hydrogens is 390 g/mol. The fourth-order valence-corrected chi connectivity index (χ4v) is 4.16. The Morgan fingerprint density at radius 3 is 2.65 bits per heavy atom. The summed E-state index contributed by atoms with van der Waals surface area (Å²) >= 11 is 0. The second-order valence-electron chi connectivity index (χ2n) is 7.80. The van der Waals surface area contributed by atoms with Crippen LogP contribution in [0.15, 0.2) is 65.8 Å². The van der Waals surface area contributed by atoms with E-state index in [4.69, 9.17) is 0 Å². The Balaban J connectivity index is 1.49. The summed E-state index contributed by atoms with van der Waals surface area (Å²) in [5.41, 5.74) is 3.05. The molecule has 0 spiro atoms. The van der Waals surface area contributed by atoms with Crippen molar-refractivity contribution < 1.29 is 4.79 Å². The first-order chi connectivity index (χ1) is 15.2. The number of aromatic nitrogens is 3. The fourth-order valence-electron chi connectivity index (χ4n) is 4.16. The molecule has 0 radical (unpaired) electrons. The van der Waals surface area contributed by atoms with Crippen molar-refractivity contribution >= 4 is 22.5 Å². The van der Waals surface area contributed by atoms with Crippen molar-refractivity contribution in [1.82, 2.24) is 24.6 Å². The summed E-state index contributed by atoms with van der Waals surface area (Å²) in [4.78, 5) is 37.1. The van der Waals surface area contributed by atoms with E-state index in [2.05, 4.69) is 20.2 Å². The van der Waals surface area contributed by atoms with Crippen LogP contribution in [0.25, 0.3) is 27.7 Å². The van der Waals surface area contributed by atoms with E-state index in [0.717, 1.165) is 30.8 Å². The molecule has 0 unspecified atom stereocenters. The van der Waals surface area contributed by atoms with Crippen LogP contribution in [0.1, 0.15) is 23.2 Å². The average molecular weight is 413 g/mol. The predicted octanol–water partition coefficient (Wildman–Crippen LogP) is 2.74. The van der Waals surface area contributed by atoms with Crippen LogP contribution in [-0.2, 0) is 0 Å². The van der Waals surface area contributed by atoms with Crippen molar-refractivity contribution in [3.63, 3.8) is 0 Å². The highest BCUT2D eigenvalue weighted by atomic mass is 16.2. The largest absolute Gasteiger partial charge is 0.351 e. The molecule has 5 rings (SSSR count). The predicted molar refractivity (Wildman–Crippen MR) is 120 cm³/mol. The van der Waals surface area contributed by atoms with Gasteiger partial charge in [-0.05, 0) is 73.5 Å². The van der Waals surface area contributed by atoms with E-state index < -0.39 is 0 Å². The highest BCUT2D eigenvalue weighted by molar-refractivity contribution is 6.00. The minimum Gasteiger partial charge on any atom is -0.351 e. The lowest BCUT2D eigenvalue weighted by molar-refractivity contribution is 0.0951. The first-order valence-corrected chi connectivity index (χ1v) is 10.6. The highest BCUT2D eigenvalue weighted by Gasteiger charge is 2.16. The number of rotatable bonds is 5. The third-order valence-electron chi connectivity index (χ3n) is 5.81. The Morgan fingerprint density at radius 1 is 1.03 bits per heavy atom. The van der Waals surface area contributed by atoms with E-state index in [-0.39, 0.29) is 11.5 Å². The van der Waals surface area contributed by atoms with Crippen molar-refractivity contribution in [3.8, 4) is 11.1 Å². The normalized spacial score (nSPS) is 14.3. The van der Waals surface area contributed by atoms with Crippen molar-refractivity contribution in [1.29, 1.82) is 0 Å². The molecule has 3 aromatic heterocycles. The molecule has 1 saturated heterocycles. The van der Waals surface area contributed by atoms with Gasteiger partial charge in [0.1, 0.15) is 0 Å². The molecule has 0 aliphatic carbocycles. The number of hydrogen-bond donors (Lipinski definition) is 1. The second kappa shape index (κ2) is 8.28. The molecular formula is C24H23N5O2. The van der Waals surface area contributed by atoms with E-state index in [1.165, 1.54) is 17.2 Å². The number of fused-ring (bicyclic) bond motifs is 2. The van der Waals surface area contributed by atoms with Gasteiger partial charge in [0.05, 0.1) is 16.5 Å². The summed E-state index contributed by atoms with van der Waals surface area (Å²) in [6.45, 7) is 3.60. The first kappa shape index (κ1) is 19.4. The molecule has 1 aliphatic heterocycles. The molecule has 7 heteroatoms. The van der Waals surface area contributed by atoms with Gasteiger partial charge in [-0.2, -0.15) is 0 Å². The number of pyridine rings is 2. The van der Waals surface area contributed by atoms with E-state index in [0.29, 0.717) is 28.7 Å². The maximum absolute atomic E-state index is 13.2. The molecule has 0 saturated carbocycles. The molecule has 1 N–H and O–H groups in total. The third-order valence-corrected chi connectivity index (χ3v) is 5.81. The second-order valence-corrected chi connectivity index (χ2v) is 7.80. The van der Waals surface area contributed by atoms with Crippen LogP contribution >= 0.6 is 0 Å². The van der Waals surface area contributed by atoms with Gasteiger partial charge >= 0.3 is 0 Å². The lowest BCUT2D eigenvalue weighted by Crippen LogP contribution is -2.34. The molecule has 0 bridgehead atoms. The summed E-state index contributed by atoms with van der Waals surface area (Å²) in [5, 5.41) is 3.49. The Bertz CT molecular complexity index is 1310. The highest BCUT2D eigenvalue weighted by Crippen LogP contribution is 2.22. The Morgan fingerprint density at radius 2 is 1.84 bits per heavy atom. The van der Waals surface area contributed by atoms with Gasteiger partial charge in [0.15, 0.2) is 5.65 Å². The Kier molecular flexibility index (Phi) is 5.18. The zero-order chi connectivity index (χ0) is 21.2. The maximum Gasteiger partial charge on any atom is 0.265 e. The number of likely N-dealkylation sites (tertiary alicyclic amines) is 1. The van der Waals surface area contributed by atoms with Crippen LogP contribution in [-0.4, -0.2) is 51.4 Å². The zero-order valence-corrected chi connectivity index (χ0v) is 17.1. The summed E-state index contributed by atoms with van der Waals surface area (Å²) in [7, 11) is 0. The van der Waals surface area contributed by atoms with Gasteiger partial charge in [-0.25, -0.2) is 4.98 Å². The lowest BCUT2D eigenvalue weighted by Gasteiger charge is -2.15. The van der Waals surface area contributed by atoms with Gasteiger partial charge < -0.3 is 10.2 Å². The van der Waals surface area contributed by atoms with Gasteiger partial charge in [0.25, 0.3) is 11.5 Å². The van der Waals surface area contributed by atoms with Crippen molar-refractivity contribution in [3.05, 3.63) is 77.0 Å². The zero-order valence-electron chi connectivity index (χ0n) is 17.1. The third kappa shape index (κ3) is 3.80. The van der Waals surface area contributed by atoms with E-state index >= 15 is 0 Å². The molecule has 4 heterocycles. The topological polar surface area (TPSA) is 79.6 Å². The van der Waals surface area contributed by atoms with E-state index in [1.807, 2.05) is 30.3 Å². The van der Waals surface area contributed by atoms with E-state index in [9.17, 15) is 9.59 Å². The smallest absolute Gasteiger partial charge is 0.265 e. The molecule has 7 nitrogen and oxygen atoms in total. The number of nitrogens with one attached hydrogen (secondary N) is 1. The maximum atomic E-state index is 13.2. The molecule has 0 atom stereocenters. The number of carbonyl (C=O) groups excluding carboxylic acids is 1. The molecule has 156 valence electrons. The molecule has 1 amide bonds. The van der Waals surface area contributed by atoms with Crippen LogP contribution in [0.3, 0.4) is 0 Å². The Labute approximate surface area is 179 Å². The van der Waals surface area contributed by atoms with Crippen LogP contribution < -0.4 is 10.9 Å². The van der Waals surface area contributed by atoms with Gasteiger partial charge in [0.2, 0.25) is 0 Å². The van der Waals surface area contributed by atoms with Crippen molar-refractivity contribution in [2.24, 2.45) is 0 Å². The number of hydrogen-bond acceptors (Lipinski definition) is 5. The quantitative estimate of drug-likeness (QED) is 0.509. The number of nitrogens with zero attached hydrogens (tertiary/aromatic N) is 4. The molecule has 1 aromatic carbocycles. The molecule has 4 aromatic rings. The van der Waals surface area contributed by atoms with Crippen LogP contribution in [0.4, 0.5) is 0 Å². The minimum atomic E-state index is -0.211. The summed E-state index contributed by atoms with van der Waals surface area (Å²) in [5.74, 6) is -0.211.